The predicted octanol–water partition coefficient (Wildman–Crippen LogP) is 3.23. The van der Waals surface area contributed by atoms with Crippen LogP contribution in [0.2, 0.25) is 0 Å². The summed E-state index contributed by atoms with van der Waals surface area (Å²) in [6.07, 6.45) is 2.89. The van der Waals surface area contributed by atoms with Gasteiger partial charge in [-0.25, -0.2) is 0 Å². The van der Waals surface area contributed by atoms with E-state index in [0.29, 0.717) is 0 Å². The molecular formula is C13H16O. The zero-order valence-electron chi connectivity index (χ0n) is 8.95. The van der Waals surface area contributed by atoms with Crippen LogP contribution in [-0.2, 0) is 4.79 Å². The van der Waals surface area contributed by atoms with Gasteiger partial charge in [-0.2, -0.15) is 0 Å². The molecule has 1 nitrogen and oxygen atoms in total. The van der Waals surface area contributed by atoms with Crippen LogP contribution in [-0.4, -0.2) is 6.29 Å². The number of rotatable bonds is 3. The summed E-state index contributed by atoms with van der Waals surface area (Å²) in [6, 6.07) is 8.14. The molecule has 0 fully saturated rings. The molecule has 0 atom stereocenters. The van der Waals surface area contributed by atoms with Gasteiger partial charge in [-0.3, -0.25) is 4.79 Å². The summed E-state index contributed by atoms with van der Waals surface area (Å²) >= 11 is 0. The summed E-state index contributed by atoms with van der Waals surface area (Å²) in [5.41, 5.74) is 3.16. The predicted molar refractivity (Wildman–Crippen MR) is 60.1 cm³/mol. The molecule has 0 heterocycles. The van der Waals surface area contributed by atoms with E-state index in [0.717, 1.165) is 17.4 Å². The molecule has 0 aliphatic rings. The topological polar surface area (TPSA) is 17.1 Å². The number of carbonyl (C=O) groups excluding carboxylic acids is 1. The number of carbonyl (C=O) groups is 1. The quantitative estimate of drug-likeness (QED) is 0.525. The second kappa shape index (κ2) is 4.75. The SMILES string of the molecule is Cc1cccc(C=C(C=O)C(C)C)c1. The van der Waals surface area contributed by atoms with Crippen LogP contribution in [0.5, 0.6) is 0 Å². The zero-order valence-corrected chi connectivity index (χ0v) is 8.95. The van der Waals surface area contributed by atoms with Gasteiger partial charge in [-0.1, -0.05) is 43.7 Å². The highest BCUT2D eigenvalue weighted by atomic mass is 16.1. The molecule has 0 spiro atoms. The van der Waals surface area contributed by atoms with Crippen molar-refractivity contribution in [3.05, 3.63) is 41.0 Å². The van der Waals surface area contributed by atoms with Crippen LogP contribution >= 0.6 is 0 Å². The fourth-order valence-corrected chi connectivity index (χ4v) is 1.29. The van der Waals surface area contributed by atoms with Crippen LogP contribution in [0.15, 0.2) is 29.8 Å². The Balaban J connectivity index is 3.00. The van der Waals surface area contributed by atoms with E-state index < -0.39 is 0 Å². The molecule has 14 heavy (non-hydrogen) atoms. The molecule has 74 valence electrons. The number of aryl methyl sites for hydroxylation is 1. The highest BCUT2D eigenvalue weighted by molar-refractivity contribution is 5.82. The van der Waals surface area contributed by atoms with Crippen molar-refractivity contribution in [1.82, 2.24) is 0 Å². The minimum atomic E-state index is 0.285. The van der Waals surface area contributed by atoms with Crippen molar-refractivity contribution < 1.29 is 4.79 Å². The Morgan fingerprint density at radius 2 is 2.07 bits per heavy atom. The molecule has 0 aromatic heterocycles. The van der Waals surface area contributed by atoms with Crippen molar-refractivity contribution in [3.63, 3.8) is 0 Å². The smallest absolute Gasteiger partial charge is 0.146 e. The summed E-state index contributed by atoms with van der Waals surface area (Å²) in [7, 11) is 0. The van der Waals surface area contributed by atoms with Gasteiger partial charge in [0.1, 0.15) is 6.29 Å². The molecule has 0 aliphatic heterocycles. The minimum absolute atomic E-state index is 0.285. The van der Waals surface area contributed by atoms with E-state index >= 15 is 0 Å². The Kier molecular flexibility index (Phi) is 3.63. The number of hydrogen-bond acceptors (Lipinski definition) is 1. The van der Waals surface area contributed by atoms with Crippen LogP contribution in [0.4, 0.5) is 0 Å². The Morgan fingerprint density at radius 3 is 2.57 bits per heavy atom. The summed E-state index contributed by atoms with van der Waals surface area (Å²) in [5, 5.41) is 0. The minimum Gasteiger partial charge on any atom is -0.298 e. The lowest BCUT2D eigenvalue weighted by Gasteiger charge is -2.03. The molecule has 1 aromatic rings. The molecule has 0 saturated heterocycles. The normalized spacial score (nSPS) is 11.9. The van der Waals surface area contributed by atoms with E-state index in [9.17, 15) is 4.79 Å². The Morgan fingerprint density at radius 1 is 1.36 bits per heavy atom. The standard InChI is InChI=1S/C13H16O/c1-10(2)13(9-14)8-12-6-4-5-11(3)7-12/h4-10H,1-3H3. The second-order valence-corrected chi connectivity index (χ2v) is 3.83. The van der Waals surface area contributed by atoms with Crippen molar-refractivity contribution in [2.75, 3.05) is 0 Å². The molecule has 1 rings (SSSR count). The summed E-state index contributed by atoms with van der Waals surface area (Å²) in [5.74, 6) is 0.285. The van der Waals surface area contributed by atoms with Crippen LogP contribution in [0.1, 0.15) is 25.0 Å². The van der Waals surface area contributed by atoms with Gasteiger partial charge in [-0.15, -0.1) is 0 Å². The van der Waals surface area contributed by atoms with Crippen molar-refractivity contribution in [3.8, 4) is 0 Å². The average molecular weight is 188 g/mol. The van der Waals surface area contributed by atoms with Gasteiger partial charge in [-0.05, 0) is 30.1 Å². The molecule has 0 N–H and O–H groups in total. The van der Waals surface area contributed by atoms with Crippen LogP contribution in [0, 0.1) is 12.8 Å². The van der Waals surface area contributed by atoms with Gasteiger partial charge < -0.3 is 0 Å². The first kappa shape index (κ1) is 10.7. The first-order valence-corrected chi connectivity index (χ1v) is 4.87. The first-order valence-electron chi connectivity index (χ1n) is 4.87. The van der Waals surface area contributed by atoms with E-state index in [1.807, 2.05) is 45.0 Å². The molecule has 0 radical (unpaired) electrons. The van der Waals surface area contributed by atoms with Crippen LogP contribution < -0.4 is 0 Å². The van der Waals surface area contributed by atoms with Crippen molar-refractivity contribution >= 4 is 12.4 Å². The summed E-state index contributed by atoms with van der Waals surface area (Å²) in [4.78, 5) is 10.8. The maximum atomic E-state index is 10.8. The first-order chi connectivity index (χ1) is 6.63. The average Bonchev–Trinajstić information content (AvgIpc) is 2.14. The summed E-state index contributed by atoms with van der Waals surface area (Å²) in [6.45, 7) is 6.10. The Hall–Kier alpha value is -1.37. The number of allylic oxidation sites excluding steroid dienone is 1. The van der Waals surface area contributed by atoms with Gasteiger partial charge >= 0.3 is 0 Å². The lowest BCUT2D eigenvalue weighted by atomic mass is 10.0. The molecule has 0 bridgehead atoms. The fraction of sp³-hybridized carbons (Fsp3) is 0.308. The maximum absolute atomic E-state index is 10.8. The molecule has 0 saturated carbocycles. The van der Waals surface area contributed by atoms with Gasteiger partial charge in [0.25, 0.3) is 0 Å². The molecule has 0 aliphatic carbocycles. The molecular weight excluding hydrogens is 172 g/mol. The molecule has 0 amide bonds. The highest BCUT2D eigenvalue weighted by Gasteiger charge is 2.01. The molecule has 1 heteroatoms. The third-order valence-electron chi connectivity index (χ3n) is 2.18. The maximum Gasteiger partial charge on any atom is 0.146 e. The van der Waals surface area contributed by atoms with Crippen molar-refractivity contribution in [2.24, 2.45) is 5.92 Å². The third-order valence-corrected chi connectivity index (χ3v) is 2.18. The van der Waals surface area contributed by atoms with Gasteiger partial charge in [0.05, 0.1) is 0 Å². The van der Waals surface area contributed by atoms with Crippen molar-refractivity contribution in [2.45, 2.75) is 20.8 Å². The van der Waals surface area contributed by atoms with E-state index in [1.54, 1.807) is 0 Å². The van der Waals surface area contributed by atoms with Gasteiger partial charge in [0.2, 0.25) is 0 Å². The van der Waals surface area contributed by atoms with E-state index in [2.05, 4.69) is 6.07 Å². The van der Waals surface area contributed by atoms with E-state index in [1.165, 1.54) is 5.56 Å². The Bertz CT molecular complexity index is 348. The number of hydrogen-bond donors (Lipinski definition) is 0. The van der Waals surface area contributed by atoms with Crippen LogP contribution in [0.25, 0.3) is 6.08 Å². The lowest BCUT2D eigenvalue weighted by molar-refractivity contribution is -0.105. The second-order valence-electron chi connectivity index (χ2n) is 3.83. The fourth-order valence-electron chi connectivity index (χ4n) is 1.29. The lowest BCUT2D eigenvalue weighted by Crippen LogP contribution is -1.94. The molecule has 1 aromatic carbocycles. The Labute approximate surface area is 85.5 Å². The van der Waals surface area contributed by atoms with Crippen molar-refractivity contribution in [1.29, 1.82) is 0 Å². The number of aldehydes is 1. The zero-order chi connectivity index (χ0) is 10.6. The summed E-state index contributed by atoms with van der Waals surface area (Å²) < 4.78 is 0. The highest BCUT2D eigenvalue weighted by Crippen LogP contribution is 2.13. The largest absolute Gasteiger partial charge is 0.298 e. The number of benzene rings is 1. The van der Waals surface area contributed by atoms with Crippen LogP contribution in [0.3, 0.4) is 0 Å². The molecule has 0 unspecified atom stereocenters. The van der Waals surface area contributed by atoms with Gasteiger partial charge in [0, 0.05) is 0 Å². The monoisotopic (exact) mass is 188 g/mol. The van der Waals surface area contributed by atoms with E-state index in [4.69, 9.17) is 0 Å². The van der Waals surface area contributed by atoms with Gasteiger partial charge in [0.15, 0.2) is 0 Å². The van der Waals surface area contributed by atoms with E-state index in [-0.39, 0.29) is 5.92 Å². The third kappa shape index (κ3) is 2.84.